The van der Waals surface area contributed by atoms with Gasteiger partial charge in [-0.05, 0) is 36.8 Å². The average Bonchev–Trinajstić information content (AvgIpc) is 2.45. The number of hydrogen-bond acceptors (Lipinski definition) is 2. The summed E-state index contributed by atoms with van der Waals surface area (Å²) in [6.45, 7) is 2.82. The molecular weight excluding hydrogens is 243 g/mol. The van der Waals surface area contributed by atoms with E-state index in [1.165, 1.54) is 12.1 Å². The zero-order valence-electron chi connectivity index (χ0n) is 10.7. The van der Waals surface area contributed by atoms with Crippen molar-refractivity contribution in [3.05, 3.63) is 65.7 Å². The standard InChI is InChI=1S/C15H15FN2O/c1-2-18(11-12-6-5-7-13(16)10-12)15(19)14-8-3-4-9-17-14/h3-10H,2,11H2,1H3. The molecule has 19 heavy (non-hydrogen) atoms. The van der Waals surface area contributed by atoms with E-state index in [2.05, 4.69) is 4.98 Å². The fourth-order valence-corrected chi connectivity index (χ4v) is 1.83. The van der Waals surface area contributed by atoms with Crippen LogP contribution in [0.5, 0.6) is 0 Å². The summed E-state index contributed by atoms with van der Waals surface area (Å²) >= 11 is 0. The molecule has 0 aliphatic carbocycles. The Morgan fingerprint density at radius 3 is 2.74 bits per heavy atom. The van der Waals surface area contributed by atoms with E-state index in [9.17, 15) is 9.18 Å². The molecule has 0 radical (unpaired) electrons. The Labute approximate surface area is 111 Å². The fourth-order valence-electron chi connectivity index (χ4n) is 1.83. The van der Waals surface area contributed by atoms with Crippen LogP contribution in [0.1, 0.15) is 23.0 Å². The molecule has 2 rings (SSSR count). The lowest BCUT2D eigenvalue weighted by molar-refractivity contribution is 0.0746. The molecule has 0 atom stereocenters. The number of rotatable bonds is 4. The predicted molar refractivity (Wildman–Crippen MR) is 71.1 cm³/mol. The lowest BCUT2D eigenvalue weighted by Gasteiger charge is -2.20. The Bertz CT molecular complexity index is 557. The van der Waals surface area contributed by atoms with E-state index in [1.54, 1.807) is 41.4 Å². The third-order valence-corrected chi connectivity index (χ3v) is 2.82. The second-order valence-electron chi connectivity index (χ2n) is 4.16. The van der Waals surface area contributed by atoms with Crippen LogP contribution in [-0.2, 0) is 6.54 Å². The summed E-state index contributed by atoms with van der Waals surface area (Å²) in [5.41, 5.74) is 1.17. The minimum atomic E-state index is -0.293. The van der Waals surface area contributed by atoms with Gasteiger partial charge in [0, 0.05) is 19.3 Å². The van der Waals surface area contributed by atoms with E-state index < -0.39 is 0 Å². The van der Waals surface area contributed by atoms with Crippen LogP contribution in [0.4, 0.5) is 4.39 Å². The number of pyridine rings is 1. The molecule has 0 N–H and O–H groups in total. The number of carbonyl (C=O) groups is 1. The Kier molecular flexibility index (Phi) is 4.23. The van der Waals surface area contributed by atoms with E-state index in [0.29, 0.717) is 18.8 Å². The van der Waals surface area contributed by atoms with Crippen molar-refractivity contribution in [3.63, 3.8) is 0 Å². The molecule has 0 saturated carbocycles. The molecule has 0 aliphatic heterocycles. The minimum absolute atomic E-state index is 0.146. The van der Waals surface area contributed by atoms with Crippen molar-refractivity contribution < 1.29 is 9.18 Å². The summed E-state index contributed by atoms with van der Waals surface area (Å²) in [6.07, 6.45) is 1.59. The molecule has 1 aromatic carbocycles. The second kappa shape index (κ2) is 6.09. The first-order valence-electron chi connectivity index (χ1n) is 6.15. The van der Waals surface area contributed by atoms with E-state index in [4.69, 9.17) is 0 Å². The van der Waals surface area contributed by atoms with Crippen LogP contribution in [0.15, 0.2) is 48.7 Å². The van der Waals surface area contributed by atoms with Crippen molar-refractivity contribution in [2.45, 2.75) is 13.5 Å². The Hall–Kier alpha value is -2.23. The van der Waals surface area contributed by atoms with Gasteiger partial charge in [-0.1, -0.05) is 18.2 Å². The van der Waals surface area contributed by atoms with Gasteiger partial charge < -0.3 is 4.90 Å². The first-order valence-corrected chi connectivity index (χ1v) is 6.15. The van der Waals surface area contributed by atoms with E-state index in [1.807, 2.05) is 6.92 Å². The first kappa shape index (κ1) is 13.2. The number of hydrogen-bond donors (Lipinski definition) is 0. The summed E-state index contributed by atoms with van der Waals surface area (Å²) in [6, 6.07) is 11.5. The molecule has 0 spiro atoms. The molecular formula is C15H15FN2O. The molecule has 1 aromatic heterocycles. The van der Waals surface area contributed by atoms with Crippen molar-refractivity contribution >= 4 is 5.91 Å². The maximum absolute atomic E-state index is 13.1. The molecule has 3 nitrogen and oxygen atoms in total. The highest BCUT2D eigenvalue weighted by Crippen LogP contribution is 2.10. The number of nitrogens with zero attached hydrogens (tertiary/aromatic N) is 2. The second-order valence-corrected chi connectivity index (χ2v) is 4.16. The average molecular weight is 258 g/mol. The molecule has 2 aromatic rings. The van der Waals surface area contributed by atoms with Crippen molar-refractivity contribution in [1.82, 2.24) is 9.88 Å². The molecule has 1 heterocycles. The van der Waals surface area contributed by atoms with Gasteiger partial charge in [-0.15, -0.1) is 0 Å². The molecule has 1 amide bonds. The Morgan fingerprint density at radius 2 is 2.11 bits per heavy atom. The van der Waals surface area contributed by atoms with Crippen LogP contribution in [0.3, 0.4) is 0 Å². The number of halogens is 1. The normalized spacial score (nSPS) is 10.2. The van der Waals surface area contributed by atoms with Crippen LogP contribution in [-0.4, -0.2) is 22.3 Å². The van der Waals surface area contributed by atoms with Crippen LogP contribution in [0.25, 0.3) is 0 Å². The summed E-state index contributed by atoms with van der Waals surface area (Å²) < 4.78 is 13.1. The minimum Gasteiger partial charge on any atom is -0.333 e. The molecule has 0 fully saturated rings. The van der Waals surface area contributed by atoms with Crippen molar-refractivity contribution in [3.8, 4) is 0 Å². The third kappa shape index (κ3) is 3.37. The van der Waals surface area contributed by atoms with E-state index >= 15 is 0 Å². The quantitative estimate of drug-likeness (QED) is 0.844. The van der Waals surface area contributed by atoms with Gasteiger partial charge in [-0.25, -0.2) is 4.39 Å². The molecule has 4 heteroatoms. The van der Waals surface area contributed by atoms with Gasteiger partial charge in [0.2, 0.25) is 0 Å². The smallest absolute Gasteiger partial charge is 0.272 e. The maximum atomic E-state index is 13.1. The predicted octanol–water partition coefficient (Wildman–Crippen LogP) is 2.88. The SMILES string of the molecule is CCN(Cc1cccc(F)c1)C(=O)c1ccccn1. The molecule has 0 aliphatic rings. The Morgan fingerprint density at radius 1 is 1.26 bits per heavy atom. The molecule has 0 saturated heterocycles. The Balaban J connectivity index is 2.15. The summed E-state index contributed by atoms with van der Waals surface area (Å²) in [4.78, 5) is 17.9. The van der Waals surface area contributed by atoms with Gasteiger partial charge in [-0.3, -0.25) is 9.78 Å². The van der Waals surface area contributed by atoms with Crippen molar-refractivity contribution in [1.29, 1.82) is 0 Å². The first-order chi connectivity index (χ1) is 9.20. The zero-order chi connectivity index (χ0) is 13.7. The molecule has 98 valence electrons. The third-order valence-electron chi connectivity index (χ3n) is 2.82. The van der Waals surface area contributed by atoms with Gasteiger partial charge in [0.15, 0.2) is 0 Å². The van der Waals surface area contributed by atoms with Crippen LogP contribution in [0, 0.1) is 5.82 Å². The molecule has 0 unspecified atom stereocenters. The van der Waals surface area contributed by atoms with Crippen LogP contribution < -0.4 is 0 Å². The monoisotopic (exact) mass is 258 g/mol. The lowest BCUT2D eigenvalue weighted by Crippen LogP contribution is -2.30. The van der Waals surface area contributed by atoms with Crippen molar-refractivity contribution in [2.75, 3.05) is 6.54 Å². The highest BCUT2D eigenvalue weighted by Gasteiger charge is 2.15. The molecule has 0 bridgehead atoms. The van der Waals surface area contributed by atoms with Gasteiger partial charge in [0.1, 0.15) is 11.5 Å². The maximum Gasteiger partial charge on any atom is 0.272 e. The van der Waals surface area contributed by atoms with Gasteiger partial charge in [0.25, 0.3) is 5.91 Å². The number of aromatic nitrogens is 1. The highest BCUT2D eigenvalue weighted by molar-refractivity contribution is 5.92. The summed E-state index contributed by atoms with van der Waals surface area (Å²) in [7, 11) is 0. The summed E-state index contributed by atoms with van der Waals surface area (Å²) in [5, 5.41) is 0. The number of amides is 1. The van der Waals surface area contributed by atoms with Gasteiger partial charge in [0.05, 0.1) is 0 Å². The number of benzene rings is 1. The van der Waals surface area contributed by atoms with Gasteiger partial charge >= 0.3 is 0 Å². The van der Waals surface area contributed by atoms with Crippen LogP contribution in [0.2, 0.25) is 0 Å². The topological polar surface area (TPSA) is 33.2 Å². The van der Waals surface area contributed by atoms with Crippen molar-refractivity contribution in [2.24, 2.45) is 0 Å². The largest absolute Gasteiger partial charge is 0.333 e. The fraction of sp³-hybridized carbons (Fsp3) is 0.200. The lowest BCUT2D eigenvalue weighted by atomic mass is 10.2. The van der Waals surface area contributed by atoms with Gasteiger partial charge in [-0.2, -0.15) is 0 Å². The summed E-state index contributed by atoms with van der Waals surface area (Å²) in [5.74, 6) is -0.439. The van der Waals surface area contributed by atoms with E-state index in [-0.39, 0.29) is 11.7 Å². The van der Waals surface area contributed by atoms with E-state index in [0.717, 1.165) is 5.56 Å². The zero-order valence-corrected chi connectivity index (χ0v) is 10.7. The number of carbonyl (C=O) groups excluding carboxylic acids is 1. The highest BCUT2D eigenvalue weighted by atomic mass is 19.1. The van der Waals surface area contributed by atoms with Crippen LogP contribution >= 0.6 is 0 Å².